The molecule has 0 fully saturated rings. The second-order valence-corrected chi connectivity index (χ2v) is 12.7. The number of nitrogens with one attached hydrogen (secondary N) is 1. The molecule has 0 aromatic carbocycles. The minimum atomic E-state index is -8.82. The summed E-state index contributed by atoms with van der Waals surface area (Å²) in [7, 11) is -6.19. The minimum absolute atomic E-state index is 0.298. The maximum Gasteiger partial charge on any atom is 0.500 e. The average molecular weight is 690 g/mol. The van der Waals surface area contributed by atoms with Crippen molar-refractivity contribution in [2.45, 2.75) is 60.2 Å². The molecule has 1 N–H and O–H groups in total. The zero-order chi connectivity index (χ0) is 33.5. The molecule has 0 aliphatic rings. The molecule has 7 nitrogen and oxygen atoms in total. The Morgan fingerprint density at radius 1 is 0.610 bits per heavy atom. The van der Waals surface area contributed by atoms with E-state index in [4.69, 9.17) is 13.3 Å². The lowest BCUT2D eigenvalue weighted by molar-refractivity contribution is -0.462. The SMILES string of the molecule is CO[Si](CCCN(C)S(=O)(=O)NC(F)(F)C(F)(F)C(F)(F)C(F)(F)C(F)(F)C(F)(F)C(F)(F)C(F)(F)F)(OC)OC. The molecule has 0 amide bonds. The molecule has 0 atom stereocenters. The zero-order valence-corrected chi connectivity index (χ0v) is 22.3. The van der Waals surface area contributed by atoms with Crippen LogP contribution in [0.1, 0.15) is 6.42 Å². The lowest BCUT2D eigenvalue weighted by Gasteiger charge is -2.42. The van der Waals surface area contributed by atoms with Crippen LogP contribution in [0.2, 0.25) is 6.04 Å². The molecule has 0 spiro atoms. The highest BCUT2D eigenvalue weighted by Gasteiger charge is 2.95. The first-order chi connectivity index (χ1) is 17.8. The first-order valence-electron chi connectivity index (χ1n) is 9.89. The van der Waals surface area contributed by atoms with Gasteiger partial charge in [-0.25, -0.2) is 0 Å². The lowest BCUT2D eigenvalue weighted by Crippen LogP contribution is -2.76. The first-order valence-corrected chi connectivity index (χ1v) is 13.3. The summed E-state index contributed by atoms with van der Waals surface area (Å²) in [4.78, 5) is 0. The van der Waals surface area contributed by atoms with E-state index in [0.29, 0.717) is 7.05 Å². The van der Waals surface area contributed by atoms with Crippen LogP contribution in [-0.2, 0) is 23.5 Å². The molecular formula is C15H19F17N2O5SSi. The van der Waals surface area contributed by atoms with Crippen LogP contribution in [0, 0.1) is 0 Å². The van der Waals surface area contributed by atoms with E-state index >= 15 is 0 Å². The van der Waals surface area contributed by atoms with Crippen LogP contribution in [-0.4, -0.2) is 104 Å². The van der Waals surface area contributed by atoms with E-state index in [2.05, 4.69) is 0 Å². The third kappa shape index (κ3) is 6.51. The molecule has 0 unspecified atom stereocenters. The fourth-order valence-corrected chi connectivity index (χ4v) is 5.34. The van der Waals surface area contributed by atoms with Crippen molar-refractivity contribution in [2.24, 2.45) is 0 Å². The van der Waals surface area contributed by atoms with Gasteiger partial charge in [0.05, 0.1) is 0 Å². The van der Waals surface area contributed by atoms with Crippen molar-refractivity contribution >= 4 is 19.0 Å². The van der Waals surface area contributed by atoms with Crippen LogP contribution in [0.15, 0.2) is 0 Å². The predicted octanol–water partition coefficient (Wildman–Crippen LogP) is 4.99. The predicted molar refractivity (Wildman–Crippen MR) is 102 cm³/mol. The van der Waals surface area contributed by atoms with E-state index in [0.717, 1.165) is 21.3 Å². The summed E-state index contributed by atoms with van der Waals surface area (Å²) < 4.78 is 264. The van der Waals surface area contributed by atoms with Crippen LogP contribution in [0.4, 0.5) is 74.6 Å². The van der Waals surface area contributed by atoms with Gasteiger partial charge in [0.15, 0.2) is 0 Å². The van der Waals surface area contributed by atoms with Crippen LogP contribution < -0.4 is 4.72 Å². The van der Waals surface area contributed by atoms with Crippen LogP contribution >= 0.6 is 0 Å². The van der Waals surface area contributed by atoms with Gasteiger partial charge in [0.25, 0.3) is 10.2 Å². The zero-order valence-electron chi connectivity index (χ0n) is 20.4. The third-order valence-corrected chi connectivity index (χ3v) is 9.63. The number of alkyl halides is 17. The highest BCUT2D eigenvalue weighted by Crippen LogP contribution is 2.63. The third-order valence-electron chi connectivity index (χ3n) is 5.28. The van der Waals surface area contributed by atoms with E-state index in [1.165, 1.54) is 0 Å². The standard InChI is InChI=1S/C15H19F17N2O5SSi/c1-34(6-5-7-41(37-2,38-3)39-4)40(35,36)33-15(31,32)13(26,27)11(22,23)9(18,19)8(16,17)10(20,21)12(24,25)14(28,29)30/h33H,5-7H2,1-4H3. The Kier molecular flexibility index (Phi) is 11.3. The van der Waals surface area contributed by atoms with Crippen LogP contribution in [0.25, 0.3) is 0 Å². The summed E-state index contributed by atoms with van der Waals surface area (Å²) in [6.45, 7) is -0.995. The van der Waals surface area contributed by atoms with Crippen molar-refractivity contribution in [1.29, 1.82) is 0 Å². The highest BCUT2D eigenvalue weighted by atomic mass is 32.2. The van der Waals surface area contributed by atoms with Gasteiger partial charge >= 0.3 is 56.6 Å². The van der Waals surface area contributed by atoms with Crippen molar-refractivity contribution in [3.63, 3.8) is 0 Å². The molecule has 26 heteroatoms. The highest BCUT2D eigenvalue weighted by molar-refractivity contribution is 7.87. The van der Waals surface area contributed by atoms with Gasteiger partial charge in [-0.05, 0) is 6.42 Å². The Balaban J connectivity index is 6.37. The molecule has 41 heavy (non-hydrogen) atoms. The summed E-state index contributed by atoms with van der Waals surface area (Å²) in [5.41, 5.74) is 0. The summed E-state index contributed by atoms with van der Waals surface area (Å²) in [5, 5.41) is 0. The Labute approximate surface area is 220 Å². The van der Waals surface area contributed by atoms with Gasteiger partial charge in [0, 0.05) is 41.0 Å². The van der Waals surface area contributed by atoms with E-state index in [9.17, 15) is 83.1 Å². The monoisotopic (exact) mass is 690 g/mol. The summed E-state index contributed by atoms with van der Waals surface area (Å²) in [5.74, 6) is -51.4. The summed E-state index contributed by atoms with van der Waals surface area (Å²) in [6.07, 6.45) is -8.36. The van der Waals surface area contributed by atoms with Gasteiger partial charge in [-0.1, -0.05) is 0 Å². The van der Waals surface area contributed by atoms with Crippen LogP contribution in [0.3, 0.4) is 0 Å². The molecule has 0 saturated carbocycles. The van der Waals surface area contributed by atoms with Crippen molar-refractivity contribution in [1.82, 2.24) is 9.03 Å². The van der Waals surface area contributed by atoms with Crippen molar-refractivity contribution in [3.05, 3.63) is 0 Å². The molecule has 0 aromatic rings. The van der Waals surface area contributed by atoms with Gasteiger partial charge in [-0.2, -0.15) is 87.4 Å². The normalized spacial score (nSPS) is 16.0. The number of rotatable bonds is 16. The van der Waals surface area contributed by atoms with Crippen molar-refractivity contribution in [3.8, 4) is 0 Å². The molecule has 0 radical (unpaired) electrons. The maximum atomic E-state index is 14.0. The Hall–Kier alpha value is -1.22. The summed E-state index contributed by atoms with van der Waals surface area (Å²) in [6, 6.07) is -7.63. The topological polar surface area (TPSA) is 77.1 Å². The smallest absolute Gasteiger partial charge is 0.377 e. The van der Waals surface area contributed by atoms with Crippen molar-refractivity contribution < 1.29 is 96.3 Å². The van der Waals surface area contributed by atoms with Gasteiger partial charge in [-0.15, -0.1) is 4.72 Å². The molecule has 0 aliphatic heterocycles. The van der Waals surface area contributed by atoms with Crippen LogP contribution in [0.5, 0.6) is 0 Å². The number of hydrogen-bond donors (Lipinski definition) is 1. The van der Waals surface area contributed by atoms with E-state index < -0.39 is 84.5 Å². The molecule has 248 valence electrons. The first kappa shape index (κ1) is 39.8. The Morgan fingerprint density at radius 2 is 0.927 bits per heavy atom. The van der Waals surface area contributed by atoms with E-state index in [1.807, 2.05) is 0 Å². The Bertz CT molecular complexity index is 996. The largest absolute Gasteiger partial charge is 0.500 e. The fourth-order valence-electron chi connectivity index (χ4n) is 2.66. The minimum Gasteiger partial charge on any atom is -0.377 e. The number of nitrogens with zero attached hydrogens (tertiary/aromatic N) is 1. The van der Waals surface area contributed by atoms with Gasteiger partial charge < -0.3 is 13.3 Å². The number of halogens is 17. The molecular weight excluding hydrogens is 671 g/mol. The molecule has 0 heterocycles. The maximum absolute atomic E-state index is 14.0. The van der Waals surface area contributed by atoms with Gasteiger partial charge in [0.1, 0.15) is 0 Å². The quantitative estimate of drug-likeness (QED) is 0.141. The Morgan fingerprint density at radius 3 is 1.24 bits per heavy atom. The molecule has 0 aromatic heterocycles. The summed E-state index contributed by atoms with van der Waals surface area (Å²) >= 11 is 0. The molecule has 0 rings (SSSR count). The lowest BCUT2D eigenvalue weighted by atomic mass is 9.90. The van der Waals surface area contributed by atoms with E-state index in [-0.39, 0.29) is 10.3 Å². The molecule has 0 saturated heterocycles. The van der Waals surface area contributed by atoms with Gasteiger partial charge in [0.2, 0.25) is 0 Å². The second-order valence-electron chi connectivity index (χ2n) is 7.85. The fraction of sp³-hybridized carbons (Fsp3) is 1.00. The molecule has 0 bridgehead atoms. The van der Waals surface area contributed by atoms with Crippen molar-refractivity contribution in [2.75, 3.05) is 34.9 Å². The second kappa shape index (κ2) is 11.7. The molecule has 0 aliphatic carbocycles. The number of hydrogen-bond acceptors (Lipinski definition) is 5. The van der Waals surface area contributed by atoms with Gasteiger partial charge in [-0.3, -0.25) is 0 Å². The van der Waals surface area contributed by atoms with E-state index in [1.54, 1.807) is 0 Å². The average Bonchev–Trinajstić information content (AvgIpc) is 2.79.